The molecule has 25 heavy (non-hydrogen) atoms. The molecule has 0 aromatic heterocycles. The summed E-state index contributed by atoms with van der Waals surface area (Å²) >= 11 is 0. The van der Waals surface area contributed by atoms with E-state index in [4.69, 9.17) is 9.47 Å². The summed E-state index contributed by atoms with van der Waals surface area (Å²) in [5.74, 6) is -1.26. The van der Waals surface area contributed by atoms with Crippen LogP contribution in [0.3, 0.4) is 0 Å². The third-order valence-corrected chi connectivity index (χ3v) is 4.15. The molecule has 0 aliphatic rings. The summed E-state index contributed by atoms with van der Waals surface area (Å²) in [5, 5.41) is 10.4. The molecular weight excluding hydrogens is 320 g/mol. The molecule has 0 unspecified atom stereocenters. The van der Waals surface area contributed by atoms with Gasteiger partial charge < -0.3 is 14.6 Å². The van der Waals surface area contributed by atoms with E-state index >= 15 is 0 Å². The minimum Gasteiger partial charge on any atom is -0.500 e. The summed E-state index contributed by atoms with van der Waals surface area (Å²) in [5.41, 5.74) is -1.70. The van der Waals surface area contributed by atoms with Gasteiger partial charge >= 0.3 is 5.97 Å². The van der Waals surface area contributed by atoms with Gasteiger partial charge in [-0.25, -0.2) is 4.79 Å². The first-order valence-corrected chi connectivity index (χ1v) is 8.60. The normalized spacial score (nSPS) is 16.6. The topological polar surface area (TPSA) is 72.8 Å². The second kappa shape index (κ2) is 9.18. The van der Waals surface area contributed by atoms with E-state index in [2.05, 4.69) is 6.58 Å². The Bertz CT molecular complexity index is 511. The van der Waals surface area contributed by atoms with E-state index in [1.807, 2.05) is 6.92 Å². The van der Waals surface area contributed by atoms with Crippen LogP contribution < -0.4 is 0 Å². The molecule has 0 heterocycles. The smallest absolute Gasteiger partial charge is 0.334 e. The van der Waals surface area contributed by atoms with E-state index in [-0.39, 0.29) is 17.5 Å². The van der Waals surface area contributed by atoms with E-state index in [1.165, 1.54) is 13.2 Å². The van der Waals surface area contributed by atoms with Crippen LogP contribution in [0.15, 0.2) is 24.5 Å². The zero-order valence-electron chi connectivity index (χ0n) is 16.9. The van der Waals surface area contributed by atoms with Crippen molar-refractivity contribution in [2.75, 3.05) is 7.11 Å². The van der Waals surface area contributed by atoms with Gasteiger partial charge in [0.1, 0.15) is 11.4 Å². The molecule has 0 aliphatic carbocycles. The van der Waals surface area contributed by atoms with Crippen molar-refractivity contribution in [3.8, 4) is 0 Å². The molecule has 5 nitrogen and oxygen atoms in total. The number of ether oxygens (including phenoxy) is 2. The fourth-order valence-corrected chi connectivity index (χ4v) is 2.67. The molecule has 0 amide bonds. The number of allylic oxidation sites excluding steroid dienone is 2. The van der Waals surface area contributed by atoms with Gasteiger partial charge in [0, 0.05) is 5.92 Å². The van der Waals surface area contributed by atoms with Gasteiger partial charge in [0.2, 0.25) is 0 Å². The quantitative estimate of drug-likeness (QED) is 0.296. The lowest BCUT2D eigenvalue weighted by atomic mass is 9.75. The predicted octanol–water partition coefficient (Wildman–Crippen LogP) is 3.66. The van der Waals surface area contributed by atoms with Crippen LogP contribution in [0.5, 0.6) is 0 Å². The second-order valence-corrected chi connectivity index (χ2v) is 8.02. The molecule has 0 aromatic carbocycles. The Balaban J connectivity index is 5.43. The van der Waals surface area contributed by atoms with Gasteiger partial charge in [-0.3, -0.25) is 4.79 Å². The van der Waals surface area contributed by atoms with Crippen LogP contribution in [-0.4, -0.2) is 35.7 Å². The second-order valence-electron chi connectivity index (χ2n) is 8.02. The highest BCUT2D eigenvalue weighted by Crippen LogP contribution is 2.33. The van der Waals surface area contributed by atoms with Crippen molar-refractivity contribution >= 4 is 11.8 Å². The van der Waals surface area contributed by atoms with Crippen LogP contribution in [0.25, 0.3) is 0 Å². The molecule has 0 aliphatic heterocycles. The fourth-order valence-electron chi connectivity index (χ4n) is 2.67. The SMILES string of the molecule is C=CC[C@H](C)[C@H](O)[C@@H](C)C(=O)C(C)(C)/C(=C/C(=O)OC(C)(C)C)OC. The Morgan fingerprint density at radius 1 is 1.16 bits per heavy atom. The maximum Gasteiger partial charge on any atom is 0.334 e. The number of ketones is 1. The van der Waals surface area contributed by atoms with Crippen molar-refractivity contribution in [2.24, 2.45) is 17.3 Å². The molecule has 0 rings (SSSR count). The largest absolute Gasteiger partial charge is 0.500 e. The first kappa shape index (κ1) is 23.4. The van der Waals surface area contributed by atoms with Crippen LogP contribution in [0.1, 0.15) is 54.9 Å². The number of methoxy groups -OCH3 is 1. The van der Waals surface area contributed by atoms with Crippen LogP contribution in [0.4, 0.5) is 0 Å². The molecule has 0 saturated carbocycles. The van der Waals surface area contributed by atoms with Crippen molar-refractivity contribution < 1.29 is 24.2 Å². The van der Waals surface area contributed by atoms with E-state index in [0.29, 0.717) is 6.42 Å². The van der Waals surface area contributed by atoms with Crippen molar-refractivity contribution in [2.45, 2.75) is 66.6 Å². The Labute approximate surface area is 152 Å². The predicted molar refractivity (Wildman–Crippen MR) is 98.9 cm³/mol. The lowest BCUT2D eigenvalue weighted by Gasteiger charge is -2.32. The number of aliphatic hydroxyl groups is 1. The highest BCUT2D eigenvalue weighted by molar-refractivity contribution is 5.91. The van der Waals surface area contributed by atoms with Crippen molar-refractivity contribution in [1.82, 2.24) is 0 Å². The third kappa shape index (κ3) is 7.02. The number of carbonyl (C=O) groups is 2. The lowest BCUT2D eigenvalue weighted by Crippen LogP contribution is -2.40. The molecule has 0 radical (unpaired) electrons. The summed E-state index contributed by atoms with van der Waals surface area (Å²) in [6.45, 7) is 15.9. The van der Waals surface area contributed by atoms with Crippen molar-refractivity contribution in [3.05, 3.63) is 24.5 Å². The van der Waals surface area contributed by atoms with Gasteiger partial charge in [-0.2, -0.15) is 0 Å². The van der Waals surface area contributed by atoms with Crippen molar-refractivity contribution in [3.63, 3.8) is 0 Å². The molecule has 144 valence electrons. The monoisotopic (exact) mass is 354 g/mol. The average Bonchev–Trinajstić information content (AvgIpc) is 2.48. The molecule has 0 fully saturated rings. The Hall–Kier alpha value is -1.62. The van der Waals surface area contributed by atoms with Gasteiger partial charge in [-0.05, 0) is 47.0 Å². The van der Waals surface area contributed by atoms with Crippen LogP contribution in [0.2, 0.25) is 0 Å². The maximum absolute atomic E-state index is 12.9. The van der Waals surface area contributed by atoms with Gasteiger partial charge in [0.05, 0.1) is 24.7 Å². The zero-order valence-corrected chi connectivity index (χ0v) is 16.9. The van der Waals surface area contributed by atoms with Crippen molar-refractivity contribution in [1.29, 1.82) is 0 Å². The first-order valence-electron chi connectivity index (χ1n) is 8.60. The van der Waals surface area contributed by atoms with Crippen LogP contribution >= 0.6 is 0 Å². The Morgan fingerprint density at radius 3 is 2.08 bits per heavy atom. The average molecular weight is 354 g/mol. The van der Waals surface area contributed by atoms with E-state index in [0.717, 1.165) is 0 Å². The summed E-state index contributed by atoms with van der Waals surface area (Å²) in [6, 6.07) is 0. The van der Waals surface area contributed by atoms with Gasteiger partial charge in [-0.1, -0.05) is 19.9 Å². The number of rotatable bonds is 9. The number of Topliss-reactive ketones (excluding diaryl/α,β-unsaturated/α-hetero) is 1. The number of aliphatic hydroxyl groups excluding tert-OH is 1. The maximum atomic E-state index is 12.9. The highest BCUT2D eigenvalue weighted by Gasteiger charge is 2.40. The number of hydrogen-bond donors (Lipinski definition) is 1. The van der Waals surface area contributed by atoms with Gasteiger partial charge in [0.15, 0.2) is 5.78 Å². The first-order chi connectivity index (χ1) is 11.3. The molecule has 0 bridgehead atoms. The van der Waals surface area contributed by atoms with Crippen LogP contribution in [0, 0.1) is 17.3 Å². The zero-order chi connectivity index (χ0) is 20.0. The minimum atomic E-state index is -1.07. The molecule has 0 spiro atoms. The summed E-state index contributed by atoms with van der Waals surface area (Å²) in [4.78, 5) is 25.0. The Kier molecular flexibility index (Phi) is 8.59. The molecule has 5 heteroatoms. The third-order valence-electron chi connectivity index (χ3n) is 4.15. The standard InChI is InChI=1S/C20H34O5/c1-10-11-13(2)17(22)14(3)18(23)20(7,8)15(24-9)12-16(21)25-19(4,5)6/h10,12-14,17,22H,1,11H2,2-9H3/b15-12-/t13-,14+,17-/m0/s1. The number of carbonyl (C=O) groups excluding carboxylic acids is 2. The lowest BCUT2D eigenvalue weighted by molar-refractivity contribution is -0.148. The number of esters is 1. The molecule has 0 aromatic rings. The Morgan fingerprint density at radius 2 is 1.68 bits per heavy atom. The van der Waals surface area contributed by atoms with Gasteiger partial charge in [-0.15, -0.1) is 6.58 Å². The summed E-state index contributed by atoms with van der Waals surface area (Å²) < 4.78 is 10.6. The molecular formula is C20H34O5. The highest BCUT2D eigenvalue weighted by atomic mass is 16.6. The van der Waals surface area contributed by atoms with E-state index < -0.39 is 29.0 Å². The number of hydrogen-bond acceptors (Lipinski definition) is 5. The summed E-state index contributed by atoms with van der Waals surface area (Å²) in [6.07, 6.45) is 2.74. The molecule has 1 N–H and O–H groups in total. The van der Waals surface area contributed by atoms with Crippen LogP contribution in [-0.2, 0) is 19.1 Å². The van der Waals surface area contributed by atoms with E-state index in [1.54, 1.807) is 47.6 Å². The van der Waals surface area contributed by atoms with E-state index in [9.17, 15) is 14.7 Å². The molecule has 3 atom stereocenters. The molecule has 0 saturated heterocycles. The summed E-state index contributed by atoms with van der Waals surface area (Å²) in [7, 11) is 1.41. The minimum absolute atomic E-state index is 0.0897. The fraction of sp³-hybridized carbons (Fsp3) is 0.700. The van der Waals surface area contributed by atoms with Gasteiger partial charge in [0.25, 0.3) is 0 Å².